The highest BCUT2D eigenvalue weighted by atomic mass is 79.9. The van der Waals surface area contributed by atoms with Gasteiger partial charge < -0.3 is 15.4 Å². The van der Waals surface area contributed by atoms with Gasteiger partial charge in [0.2, 0.25) is 5.82 Å². The van der Waals surface area contributed by atoms with Crippen LogP contribution in [0, 0.1) is 0 Å². The van der Waals surface area contributed by atoms with E-state index in [9.17, 15) is 5.11 Å². The standard InChI is InChI=1S/C14H9Br2N3O2/c15-8-5-10(12(17)11(16)6-8)14-18-13(19-21-14)7-1-3-9(20)4-2-7/h1-6,20H,17H2. The second-order valence-electron chi connectivity index (χ2n) is 4.32. The fraction of sp³-hybridized carbons (Fsp3) is 0. The molecule has 3 N–H and O–H groups in total. The average Bonchev–Trinajstić information content (AvgIpc) is 2.93. The predicted molar refractivity (Wildman–Crippen MR) is 86.6 cm³/mol. The molecule has 3 aromatic rings. The molecule has 0 unspecified atom stereocenters. The monoisotopic (exact) mass is 409 g/mol. The summed E-state index contributed by atoms with van der Waals surface area (Å²) in [6, 6.07) is 10.2. The number of hydrogen-bond acceptors (Lipinski definition) is 5. The second kappa shape index (κ2) is 5.50. The molecule has 5 nitrogen and oxygen atoms in total. The zero-order chi connectivity index (χ0) is 15.0. The van der Waals surface area contributed by atoms with E-state index in [0.29, 0.717) is 23.0 Å². The second-order valence-corrected chi connectivity index (χ2v) is 6.09. The molecule has 0 fully saturated rings. The zero-order valence-electron chi connectivity index (χ0n) is 10.5. The Kier molecular flexibility index (Phi) is 3.69. The largest absolute Gasteiger partial charge is 0.508 e. The van der Waals surface area contributed by atoms with Crippen LogP contribution in [0.2, 0.25) is 0 Å². The van der Waals surface area contributed by atoms with E-state index in [1.807, 2.05) is 12.1 Å². The highest BCUT2D eigenvalue weighted by Gasteiger charge is 2.15. The van der Waals surface area contributed by atoms with Crippen molar-refractivity contribution in [2.75, 3.05) is 5.73 Å². The summed E-state index contributed by atoms with van der Waals surface area (Å²) in [5.74, 6) is 0.945. The van der Waals surface area contributed by atoms with Gasteiger partial charge in [0.1, 0.15) is 5.75 Å². The number of hydrogen-bond donors (Lipinski definition) is 2. The lowest BCUT2D eigenvalue weighted by Gasteiger charge is -2.04. The van der Waals surface area contributed by atoms with Crippen LogP contribution in [0.3, 0.4) is 0 Å². The van der Waals surface area contributed by atoms with Crippen molar-refractivity contribution >= 4 is 37.5 Å². The van der Waals surface area contributed by atoms with E-state index in [1.165, 1.54) is 0 Å². The lowest BCUT2D eigenvalue weighted by Crippen LogP contribution is -1.92. The van der Waals surface area contributed by atoms with E-state index in [1.54, 1.807) is 24.3 Å². The quantitative estimate of drug-likeness (QED) is 0.618. The van der Waals surface area contributed by atoms with Crippen molar-refractivity contribution in [1.29, 1.82) is 0 Å². The van der Waals surface area contributed by atoms with Crippen LogP contribution in [0.25, 0.3) is 22.8 Å². The van der Waals surface area contributed by atoms with Gasteiger partial charge in [0.05, 0.1) is 11.3 Å². The Hall–Kier alpha value is -1.86. The molecule has 0 bridgehead atoms. The Morgan fingerprint density at radius 3 is 2.52 bits per heavy atom. The van der Waals surface area contributed by atoms with Crippen LogP contribution < -0.4 is 5.73 Å². The Morgan fingerprint density at radius 2 is 1.81 bits per heavy atom. The van der Waals surface area contributed by atoms with E-state index in [2.05, 4.69) is 42.0 Å². The maximum atomic E-state index is 9.29. The average molecular weight is 411 g/mol. The molecule has 21 heavy (non-hydrogen) atoms. The van der Waals surface area contributed by atoms with Crippen LogP contribution in [0.1, 0.15) is 0 Å². The molecule has 0 aliphatic heterocycles. The SMILES string of the molecule is Nc1c(Br)cc(Br)cc1-c1nc(-c2ccc(O)cc2)no1. The Morgan fingerprint density at radius 1 is 1.10 bits per heavy atom. The number of aromatic hydroxyl groups is 1. The summed E-state index contributed by atoms with van der Waals surface area (Å²) < 4.78 is 6.88. The number of anilines is 1. The van der Waals surface area contributed by atoms with Crippen LogP contribution >= 0.6 is 31.9 Å². The van der Waals surface area contributed by atoms with Crippen LogP contribution in [-0.4, -0.2) is 15.2 Å². The summed E-state index contributed by atoms with van der Waals surface area (Å²) in [6.45, 7) is 0. The fourth-order valence-electron chi connectivity index (χ4n) is 1.82. The normalized spacial score (nSPS) is 10.8. The topological polar surface area (TPSA) is 85.2 Å². The van der Waals surface area contributed by atoms with Gasteiger partial charge in [-0.3, -0.25) is 0 Å². The molecule has 0 aliphatic rings. The number of aromatic nitrogens is 2. The summed E-state index contributed by atoms with van der Waals surface area (Å²) >= 11 is 6.78. The first kappa shape index (κ1) is 14.1. The molecule has 0 atom stereocenters. The van der Waals surface area contributed by atoms with E-state index in [-0.39, 0.29) is 5.75 Å². The van der Waals surface area contributed by atoms with Gasteiger partial charge in [0.25, 0.3) is 5.89 Å². The highest BCUT2D eigenvalue weighted by molar-refractivity contribution is 9.11. The molecule has 1 heterocycles. The van der Waals surface area contributed by atoms with Gasteiger partial charge in [-0.15, -0.1) is 0 Å². The van der Waals surface area contributed by atoms with Gasteiger partial charge in [-0.2, -0.15) is 4.98 Å². The molecular formula is C14H9Br2N3O2. The summed E-state index contributed by atoms with van der Waals surface area (Å²) in [5.41, 5.74) is 7.94. The first-order valence-electron chi connectivity index (χ1n) is 5.92. The minimum atomic E-state index is 0.183. The van der Waals surface area contributed by atoms with Crippen molar-refractivity contribution in [2.45, 2.75) is 0 Å². The van der Waals surface area contributed by atoms with E-state index >= 15 is 0 Å². The molecule has 0 radical (unpaired) electrons. The Labute approximate surface area is 137 Å². The number of benzene rings is 2. The van der Waals surface area contributed by atoms with Gasteiger partial charge in [0, 0.05) is 14.5 Å². The van der Waals surface area contributed by atoms with Crippen LogP contribution in [-0.2, 0) is 0 Å². The molecule has 0 amide bonds. The van der Waals surface area contributed by atoms with Gasteiger partial charge in [-0.25, -0.2) is 0 Å². The maximum Gasteiger partial charge on any atom is 0.260 e. The van der Waals surface area contributed by atoms with Crippen molar-refractivity contribution in [2.24, 2.45) is 0 Å². The van der Waals surface area contributed by atoms with Gasteiger partial charge in [0.15, 0.2) is 0 Å². The molecule has 0 saturated heterocycles. The number of phenols is 1. The Bertz CT molecular complexity index is 800. The molecule has 7 heteroatoms. The molecule has 2 aromatic carbocycles. The third-order valence-electron chi connectivity index (χ3n) is 2.88. The lowest BCUT2D eigenvalue weighted by molar-refractivity contribution is 0.432. The predicted octanol–water partition coefficient (Wildman–Crippen LogP) is 4.22. The van der Waals surface area contributed by atoms with Gasteiger partial charge >= 0.3 is 0 Å². The molecular weight excluding hydrogens is 402 g/mol. The first-order chi connectivity index (χ1) is 10.0. The zero-order valence-corrected chi connectivity index (χ0v) is 13.7. The minimum Gasteiger partial charge on any atom is -0.508 e. The number of nitrogen functional groups attached to an aromatic ring is 1. The highest BCUT2D eigenvalue weighted by Crippen LogP contribution is 2.35. The molecule has 0 saturated carbocycles. The van der Waals surface area contributed by atoms with Crippen LogP contribution in [0.15, 0.2) is 49.9 Å². The number of nitrogens with two attached hydrogens (primary N) is 1. The number of nitrogens with zero attached hydrogens (tertiary/aromatic N) is 2. The van der Waals surface area contributed by atoms with Crippen LogP contribution in [0.5, 0.6) is 5.75 Å². The van der Waals surface area contributed by atoms with E-state index in [4.69, 9.17) is 10.3 Å². The van der Waals surface area contributed by atoms with Crippen molar-refractivity contribution in [3.8, 4) is 28.6 Å². The van der Waals surface area contributed by atoms with Crippen molar-refractivity contribution in [3.63, 3.8) is 0 Å². The van der Waals surface area contributed by atoms with E-state index in [0.717, 1.165) is 14.5 Å². The summed E-state index contributed by atoms with van der Waals surface area (Å²) in [4.78, 5) is 4.34. The van der Waals surface area contributed by atoms with Crippen molar-refractivity contribution in [1.82, 2.24) is 10.1 Å². The third-order valence-corrected chi connectivity index (χ3v) is 3.99. The summed E-state index contributed by atoms with van der Waals surface area (Å²) in [5, 5.41) is 13.2. The minimum absolute atomic E-state index is 0.183. The summed E-state index contributed by atoms with van der Waals surface area (Å²) in [7, 11) is 0. The molecule has 3 rings (SSSR count). The van der Waals surface area contributed by atoms with Gasteiger partial charge in [-0.05, 0) is 52.3 Å². The molecule has 1 aromatic heterocycles. The lowest BCUT2D eigenvalue weighted by atomic mass is 10.2. The van der Waals surface area contributed by atoms with E-state index < -0.39 is 0 Å². The maximum absolute atomic E-state index is 9.29. The summed E-state index contributed by atoms with van der Waals surface area (Å²) in [6.07, 6.45) is 0. The van der Waals surface area contributed by atoms with Gasteiger partial charge in [-0.1, -0.05) is 21.1 Å². The van der Waals surface area contributed by atoms with Crippen LogP contribution in [0.4, 0.5) is 5.69 Å². The smallest absolute Gasteiger partial charge is 0.260 e. The molecule has 106 valence electrons. The fourth-order valence-corrected chi connectivity index (χ4v) is 3.05. The number of halogens is 2. The first-order valence-corrected chi connectivity index (χ1v) is 7.51. The number of rotatable bonds is 2. The van der Waals surface area contributed by atoms with Crippen molar-refractivity contribution < 1.29 is 9.63 Å². The Balaban J connectivity index is 2.04. The molecule has 0 aliphatic carbocycles. The molecule has 0 spiro atoms. The third kappa shape index (κ3) is 2.79. The van der Waals surface area contributed by atoms with Crippen molar-refractivity contribution in [3.05, 3.63) is 45.3 Å². The number of phenolic OH excluding ortho intramolecular Hbond substituents is 1.